The van der Waals surface area contributed by atoms with Crippen molar-refractivity contribution < 1.29 is 104 Å². The van der Waals surface area contributed by atoms with Crippen LogP contribution in [0.1, 0.15) is 43.2 Å². The number of aliphatic hydroxyl groups excluding tert-OH is 2. The fourth-order valence-electron chi connectivity index (χ4n) is 5.88. The van der Waals surface area contributed by atoms with Gasteiger partial charge in [0.2, 0.25) is 46.6 Å². The molecule has 2 unspecified atom stereocenters. The molecule has 0 radical (unpaired) electrons. The number of amides is 2. The van der Waals surface area contributed by atoms with Gasteiger partial charge in [-0.05, 0) is 24.8 Å². The number of carboxylic acids is 1. The van der Waals surface area contributed by atoms with E-state index < -0.39 is 90.1 Å². The standard InChI is InChI=1S/C45H64F5N5O17/c1-64-14-15-67-20-23-70-24-25-71-45(63,44(61)62)10-8-32(54-36(59)29-56)6-7-33(57)27-53-35(58)26-30-2-4-31(5-3-30)34(55-51)28-52-11-13-66-17-19-69-22-21-68-18-16-65-12-9-37(60)72-43-41(49)39(47)38(46)40(48)42(43)50/h2-5,28,32-33,56-57,63H,6-27,29,51H2,1H3,(H,53,58)(H,54,59)(H,61,62)/b52-28?,55-34+/t32?,33?,45-/m0/s1. The lowest BCUT2D eigenvalue weighted by Crippen LogP contribution is -2.45. The van der Waals surface area contributed by atoms with E-state index in [2.05, 4.69) is 25.5 Å². The summed E-state index contributed by atoms with van der Waals surface area (Å²) in [6, 6.07) is 6.04. The van der Waals surface area contributed by atoms with Crippen LogP contribution in [0, 0.1) is 29.1 Å². The van der Waals surface area contributed by atoms with Crippen molar-refractivity contribution in [3.05, 3.63) is 64.5 Å². The molecule has 0 aromatic heterocycles. The number of benzene rings is 2. The van der Waals surface area contributed by atoms with Gasteiger partial charge < -0.3 is 79.5 Å². The molecule has 0 aliphatic carbocycles. The molecule has 72 heavy (non-hydrogen) atoms. The number of carboxylic acid groups (broad SMARTS) is 1. The van der Waals surface area contributed by atoms with Crippen molar-refractivity contribution in [3.63, 3.8) is 0 Å². The second kappa shape index (κ2) is 36.6. The van der Waals surface area contributed by atoms with Crippen molar-refractivity contribution in [1.82, 2.24) is 10.6 Å². The molecule has 8 N–H and O–H groups in total. The van der Waals surface area contributed by atoms with Crippen molar-refractivity contribution in [2.45, 2.75) is 56.5 Å². The highest BCUT2D eigenvalue weighted by Crippen LogP contribution is 2.29. The predicted molar refractivity (Wildman–Crippen MR) is 243 cm³/mol. The fourth-order valence-corrected chi connectivity index (χ4v) is 5.88. The Hall–Kier alpha value is -5.33. The zero-order valence-corrected chi connectivity index (χ0v) is 39.8. The number of hydrazone groups is 1. The minimum absolute atomic E-state index is 0.0198. The summed E-state index contributed by atoms with van der Waals surface area (Å²) in [4.78, 5) is 52.5. The van der Waals surface area contributed by atoms with Crippen LogP contribution in [0.25, 0.3) is 0 Å². The first kappa shape index (κ1) is 62.8. The maximum absolute atomic E-state index is 13.6. The van der Waals surface area contributed by atoms with Crippen molar-refractivity contribution in [2.24, 2.45) is 15.9 Å². The molecule has 0 aliphatic rings. The number of carbonyl (C=O) groups is 4. The highest BCUT2D eigenvalue weighted by Gasteiger charge is 2.38. The first-order valence-electron chi connectivity index (χ1n) is 22.6. The second-order valence-corrected chi connectivity index (χ2v) is 15.1. The van der Waals surface area contributed by atoms with Crippen LogP contribution in [0.5, 0.6) is 5.75 Å². The van der Waals surface area contributed by atoms with Gasteiger partial charge in [0, 0.05) is 37.9 Å². The molecule has 3 atom stereocenters. The first-order valence-corrected chi connectivity index (χ1v) is 22.6. The molecule has 2 aromatic rings. The maximum atomic E-state index is 13.6. The average molecular weight is 1040 g/mol. The molecule has 406 valence electrons. The van der Waals surface area contributed by atoms with Gasteiger partial charge in [-0.3, -0.25) is 19.4 Å². The number of hydrogen-bond acceptors (Lipinski definition) is 19. The predicted octanol–water partition coefficient (Wildman–Crippen LogP) is 0.704. The molecule has 2 amide bonds. The van der Waals surface area contributed by atoms with E-state index in [1.807, 2.05) is 0 Å². The number of aliphatic imine (C=N–C) groups is 1. The number of aliphatic carboxylic acids is 1. The van der Waals surface area contributed by atoms with Crippen LogP contribution in [0.2, 0.25) is 0 Å². The summed E-state index contributed by atoms with van der Waals surface area (Å²) in [5, 5.41) is 49.0. The molecule has 2 rings (SSSR count). The van der Waals surface area contributed by atoms with E-state index in [9.17, 15) is 61.6 Å². The van der Waals surface area contributed by atoms with Crippen LogP contribution < -0.4 is 21.2 Å². The Balaban J connectivity index is 1.59. The molecule has 2 aromatic carbocycles. The van der Waals surface area contributed by atoms with Crippen molar-refractivity contribution in [3.8, 4) is 5.75 Å². The molecule has 0 bridgehead atoms. The van der Waals surface area contributed by atoms with Gasteiger partial charge in [-0.2, -0.15) is 13.9 Å². The first-order chi connectivity index (χ1) is 34.6. The molecule has 0 aliphatic heterocycles. The van der Waals surface area contributed by atoms with Crippen molar-refractivity contribution in [2.75, 3.05) is 119 Å². The minimum Gasteiger partial charge on any atom is -0.477 e. The Labute approximate surface area is 411 Å². The highest BCUT2D eigenvalue weighted by molar-refractivity contribution is 6.38. The normalized spacial score (nSPS) is 13.5. The summed E-state index contributed by atoms with van der Waals surface area (Å²) in [5.41, 5.74) is 1.64. The highest BCUT2D eigenvalue weighted by atomic mass is 19.2. The molecular weight excluding hydrogens is 978 g/mol. The Kier molecular flexibility index (Phi) is 31.9. The number of halogens is 5. The topological polar surface area (TPSA) is 307 Å². The number of methoxy groups -OCH3 is 1. The summed E-state index contributed by atoms with van der Waals surface area (Å²) in [6.07, 6.45) is -0.485. The summed E-state index contributed by atoms with van der Waals surface area (Å²) in [5.74, 6) is -14.2. The molecule has 0 saturated heterocycles. The number of carbonyl (C=O) groups excluding carboxylic acids is 3. The monoisotopic (exact) mass is 1040 g/mol. The largest absolute Gasteiger partial charge is 0.477 e. The number of rotatable bonds is 41. The van der Waals surface area contributed by atoms with Crippen molar-refractivity contribution in [1.29, 1.82) is 0 Å². The van der Waals surface area contributed by atoms with Gasteiger partial charge in [0.1, 0.15) is 12.3 Å². The van der Waals surface area contributed by atoms with Gasteiger partial charge in [-0.25, -0.2) is 18.0 Å². The zero-order chi connectivity index (χ0) is 53.2. The van der Waals surface area contributed by atoms with Gasteiger partial charge in [0.15, 0.2) is 0 Å². The van der Waals surface area contributed by atoms with Crippen LogP contribution in [-0.2, 0) is 63.5 Å². The smallest absolute Gasteiger partial charge is 0.364 e. The lowest BCUT2D eigenvalue weighted by atomic mass is 9.99. The van der Waals surface area contributed by atoms with Gasteiger partial charge in [0.05, 0.1) is 118 Å². The number of hydrogen-bond donors (Lipinski definition) is 7. The van der Waals surface area contributed by atoms with Crippen LogP contribution in [0.15, 0.2) is 34.4 Å². The molecule has 0 fully saturated rings. The Bertz CT molecular complexity index is 1960. The van der Waals surface area contributed by atoms with E-state index >= 15 is 0 Å². The molecular formula is C45H64F5N5O17. The Morgan fingerprint density at radius 3 is 1.79 bits per heavy atom. The number of nitrogens with two attached hydrogens (primary N) is 1. The lowest BCUT2D eigenvalue weighted by Gasteiger charge is -2.27. The summed E-state index contributed by atoms with van der Waals surface area (Å²) >= 11 is 0. The second-order valence-electron chi connectivity index (χ2n) is 15.1. The van der Waals surface area contributed by atoms with Gasteiger partial charge in [-0.1, -0.05) is 24.3 Å². The third-order valence-electron chi connectivity index (χ3n) is 9.71. The number of esters is 1. The van der Waals surface area contributed by atoms with Crippen LogP contribution >= 0.6 is 0 Å². The number of aliphatic hydroxyl groups is 3. The van der Waals surface area contributed by atoms with E-state index in [1.165, 1.54) is 13.3 Å². The lowest BCUT2D eigenvalue weighted by molar-refractivity contribution is -0.230. The zero-order valence-electron chi connectivity index (χ0n) is 39.8. The average Bonchev–Trinajstić information content (AvgIpc) is 3.37. The van der Waals surface area contributed by atoms with Gasteiger partial charge in [-0.15, -0.1) is 0 Å². The third kappa shape index (κ3) is 25.4. The Morgan fingerprint density at radius 1 is 0.722 bits per heavy atom. The van der Waals surface area contributed by atoms with E-state index in [-0.39, 0.29) is 124 Å². The maximum Gasteiger partial charge on any atom is 0.364 e. The third-order valence-corrected chi connectivity index (χ3v) is 9.71. The molecule has 0 heterocycles. The van der Waals surface area contributed by atoms with E-state index in [1.54, 1.807) is 24.3 Å². The van der Waals surface area contributed by atoms with Crippen LogP contribution in [-0.4, -0.2) is 193 Å². The van der Waals surface area contributed by atoms with E-state index in [0.29, 0.717) is 30.1 Å². The van der Waals surface area contributed by atoms with Crippen molar-refractivity contribution >= 4 is 35.7 Å². The number of nitrogens with one attached hydrogen (secondary N) is 2. The Morgan fingerprint density at radius 2 is 1.25 bits per heavy atom. The van der Waals surface area contributed by atoms with Gasteiger partial charge >= 0.3 is 11.9 Å². The quantitative estimate of drug-likeness (QED) is 0.00461. The molecule has 22 nitrogen and oxygen atoms in total. The molecule has 27 heteroatoms. The number of nitrogens with zero attached hydrogens (tertiary/aromatic N) is 2. The minimum atomic E-state index is -2.60. The molecule has 0 spiro atoms. The summed E-state index contributed by atoms with van der Waals surface area (Å²) in [6.45, 7) is 1.42. The summed E-state index contributed by atoms with van der Waals surface area (Å²) in [7, 11) is 1.54. The van der Waals surface area contributed by atoms with Crippen LogP contribution in [0.4, 0.5) is 22.0 Å². The van der Waals surface area contributed by atoms with E-state index in [0.717, 1.165) is 0 Å². The fraction of sp³-hybridized carbons (Fsp3) is 0.600. The number of ether oxygens (including phenoxy) is 9. The van der Waals surface area contributed by atoms with Gasteiger partial charge in [0.25, 0.3) is 5.79 Å². The van der Waals surface area contributed by atoms with Crippen LogP contribution in [0.3, 0.4) is 0 Å². The SMILES string of the molecule is COCCOCCOCCO[C@@](O)(CCC(CCC(O)CNC(=O)Cc1ccc(/C(C=NCCOCCOCCOCCOCCC(=O)Oc2c(F)c(F)c(F)c(F)c2F)=N/N)cc1)NC(=O)CO)C(=O)O. The molecule has 0 saturated carbocycles. The van der Waals surface area contributed by atoms with E-state index in [4.69, 9.17) is 43.7 Å². The summed E-state index contributed by atoms with van der Waals surface area (Å²) < 4.78 is 113.